The van der Waals surface area contributed by atoms with Gasteiger partial charge in [0, 0.05) is 24.0 Å². The van der Waals surface area contributed by atoms with Crippen LogP contribution in [0.2, 0.25) is 0 Å². The number of nitrogens with one attached hydrogen (secondary N) is 2. The predicted molar refractivity (Wildman–Crippen MR) is 89.9 cm³/mol. The first-order chi connectivity index (χ1) is 11.4. The van der Waals surface area contributed by atoms with Gasteiger partial charge in [-0.1, -0.05) is 44.5 Å². The number of nitrogens with zero attached hydrogens (tertiary/aromatic N) is 1. The van der Waals surface area contributed by atoms with E-state index in [-0.39, 0.29) is 17.4 Å². The topological polar surface area (TPSA) is 108 Å². The molecule has 1 aromatic carbocycles. The van der Waals surface area contributed by atoms with Crippen LogP contribution in [0, 0.1) is 5.92 Å². The normalized spacial score (nSPS) is 14.3. The van der Waals surface area contributed by atoms with E-state index in [9.17, 15) is 13.2 Å². The van der Waals surface area contributed by atoms with E-state index in [1.54, 1.807) is 29.7 Å². The van der Waals surface area contributed by atoms with E-state index in [2.05, 4.69) is 9.71 Å². The van der Waals surface area contributed by atoms with Crippen molar-refractivity contribution >= 4 is 26.7 Å². The number of hydrogen-bond acceptors (Lipinski definition) is 5. The number of sulfonamides is 1. The van der Waals surface area contributed by atoms with Crippen molar-refractivity contribution in [2.75, 3.05) is 0 Å². The highest BCUT2D eigenvalue weighted by Gasteiger charge is 2.27. The minimum absolute atomic E-state index is 0.0710. The van der Waals surface area contributed by atoms with Gasteiger partial charge in [-0.2, -0.15) is 0 Å². The van der Waals surface area contributed by atoms with E-state index in [4.69, 9.17) is 5.21 Å². The highest BCUT2D eigenvalue weighted by atomic mass is 32.2. The molecule has 0 aliphatic heterocycles. The Hall–Kier alpha value is -2.03. The standard InChI is InChI=1S/C16H21N3O4S/c1-3-11(2)14(10-15(20)18-21)19-24(22,23)16-13-7-5-4-6-12(13)8-9-17-16/h4-9,11,14,19,21H,3,10H2,1-2H3,(H,18,20)/t11-,14+/m0/s1. The third kappa shape index (κ3) is 4.08. The van der Waals surface area contributed by atoms with E-state index < -0.39 is 22.0 Å². The quantitative estimate of drug-likeness (QED) is 0.521. The van der Waals surface area contributed by atoms with Crippen LogP contribution < -0.4 is 10.2 Å². The van der Waals surface area contributed by atoms with Crippen LogP contribution in [0.25, 0.3) is 10.8 Å². The van der Waals surface area contributed by atoms with Gasteiger partial charge in [0.25, 0.3) is 10.0 Å². The third-order valence-corrected chi connectivity index (χ3v) is 5.51. The van der Waals surface area contributed by atoms with Crippen molar-refractivity contribution in [1.82, 2.24) is 15.2 Å². The van der Waals surface area contributed by atoms with Crippen LogP contribution in [0.5, 0.6) is 0 Å². The zero-order valence-electron chi connectivity index (χ0n) is 13.6. The Kier molecular flexibility index (Phi) is 5.87. The van der Waals surface area contributed by atoms with Crippen LogP contribution in [-0.2, 0) is 14.8 Å². The van der Waals surface area contributed by atoms with Crippen molar-refractivity contribution in [2.45, 2.75) is 37.8 Å². The number of rotatable bonds is 7. The Balaban J connectivity index is 2.38. The molecule has 2 rings (SSSR count). The molecule has 0 unspecified atom stereocenters. The highest BCUT2D eigenvalue weighted by Crippen LogP contribution is 2.22. The fraction of sp³-hybridized carbons (Fsp3) is 0.375. The molecule has 0 saturated heterocycles. The smallest absolute Gasteiger partial charge is 0.258 e. The molecule has 130 valence electrons. The van der Waals surface area contributed by atoms with Gasteiger partial charge in [0.05, 0.1) is 0 Å². The lowest BCUT2D eigenvalue weighted by atomic mass is 9.97. The predicted octanol–water partition coefficient (Wildman–Crippen LogP) is 1.82. The summed E-state index contributed by atoms with van der Waals surface area (Å²) in [7, 11) is -3.92. The maximum Gasteiger partial charge on any atom is 0.258 e. The zero-order valence-corrected chi connectivity index (χ0v) is 14.4. The van der Waals surface area contributed by atoms with Crippen LogP contribution in [0.1, 0.15) is 26.7 Å². The Morgan fingerprint density at radius 1 is 1.29 bits per heavy atom. The second kappa shape index (κ2) is 7.69. The molecule has 0 saturated carbocycles. The molecule has 3 N–H and O–H groups in total. The van der Waals surface area contributed by atoms with Crippen molar-refractivity contribution in [3.63, 3.8) is 0 Å². The number of hydroxylamine groups is 1. The summed E-state index contributed by atoms with van der Waals surface area (Å²) in [5, 5.41) is 9.92. The van der Waals surface area contributed by atoms with Gasteiger partial charge in [-0.3, -0.25) is 10.0 Å². The van der Waals surface area contributed by atoms with Crippen LogP contribution in [0.4, 0.5) is 0 Å². The fourth-order valence-electron chi connectivity index (χ4n) is 2.45. The molecule has 1 aromatic heterocycles. The molecular formula is C16H21N3O4S. The molecule has 0 fully saturated rings. The van der Waals surface area contributed by atoms with Gasteiger partial charge in [-0.15, -0.1) is 0 Å². The summed E-state index contributed by atoms with van der Waals surface area (Å²) in [5.41, 5.74) is 1.54. The second-order valence-electron chi connectivity index (χ2n) is 5.69. The summed E-state index contributed by atoms with van der Waals surface area (Å²) >= 11 is 0. The molecule has 0 aliphatic rings. The van der Waals surface area contributed by atoms with Crippen molar-refractivity contribution in [1.29, 1.82) is 0 Å². The van der Waals surface area contributed by atoms with Crippen LogP contribution in [0.3, 0.4) is 0 Å². The summed E-state index contributed by atoms with van der Waals surface area (Å²) in [6, 6.07) is 8.15. The van der Waals surface area contributed by atoms with Gasteiger partial charge in [-0.25, -0.2) is 23.6 Å². The summed E-state index contributed by atoms with van der Waals surface area (Å²) in [6.45, 7) is 3.74. The van der Waals surface area contributed by atoms with Crippen LogP contribution >= 0.6 is 0 Å². The molecule has 0 bridgehead atoms. The molecule has 24 heavy (non-hydrogen) atoms. The van der Waals surface area contributed by atoms with Gasteiger partial charge in [-0.05, 0) is 17.4 Å². The van der Waals surface area contributed by atoms with Gasteiger partial charge in [0.2, 0.25) is 5.91 Å². The lowest BCUT2D eigenvalue weighted by Crippen LogP contribution is -2.42. The second-order valence-corrected chi connectivity index (χ2v) is 7.32. The third-order valence-electron chi connectivity index (χ3n) is 4.06. The summed E-state index contributed by atoms with van der Waals surface area (Å²) < 4.78 is 28.1. The largest absolute Gasteiger partial charge is 0.289 e. The molecule has 0 aliphatic carbocycles. The summed E-state index contributed by atoms with van der Waals surface area (Å²) in [4.78, 5) is 15.5. The van der Waals surface area contributed by atoms with Gasteiger partial charge < -0.3 is 0 Å². The summed E-state index contributed by atoms with van der Waals surface area (Å²) in [5.74, 6) is -0.735. The van der Waals surface area contributed by atoms with E-state index in [0.29, 0.717) is 11.8 Å². The Labute approximate surface area is 141 Å². The Morgan fingerprint density at radius 3 is 2.67 bits per heavy atom. The molecule has 2 aromatic rings. The maximum atomic E-state index is 12.8. The number of amides is 1. The minimum atomic E-state index is -3.92. The first-order valence-electron chi connectivity index (χ1n) is 7.68. The van der Waals surface area contributed by atoms with Crippen molar-refractivity contribution in [3.8, 4) is 0 Å². The molecule has 8 heteroatoms. The van der Waals surface area contributed by atoms with E-state index in [1.807, 2.05) is 19.9 Å². The maximum absolute atomic E-state index is 12.8. The van der Waals surface area contributed by atoms with Gasteiger partial charge in [0.1, 0.15) is 0 Å². The van der Waals surface area contributed by atoms with Crippen LogP contribution in [0.15, 0.2) is 41.6 Å². The minimum Gasteiger partial charge on any atom is -0.289 e. The van der Waals surface area contributed by atoms with E-state index >= 15 is 0 Å². The number of carbonyl (C=O) groups is 1. The van der Waals surface area contributed by atoms with Gasteiger partial charge >= 0.3 is 0 Å². The average Bonchev–Trinajstić information content (AvgIpc) is 2.59. The van der Waals surface area contributed by atoms with Gasteiger partial charge in [0.15, 0.2) is 5.03 Å². The number of pyridine rings is 1. The number of benzene rings is 1. The van der Waals surface area contributed by atoms with Crippen LogP contribution in [-0.4, -0.2) is 30.6 Å². The monoisotopic (exact) mass is 351 g/mol. The number of carbonyl (C=O) groups excluding carboxylic acids is 1. The molecule has 1 heterocycles. The average molecular weight is 351 g/mol. The SMILES string of the molecule is CC[C@H](C)[C@@H](CC(=O)NO)NS(=O)(=O)c1nccc2ccccc12. The lowest BCUT2D eigenvalue weighted by Gasteiger charge is -2.23. The fourth-order valence-corrected chi connectivity index (χ4v) is 3.95. The Morgan fingerprint density at radius 2 is 2.00 bits per heavy atom. The van der Waals surface area contributed by atoms with Crippen molar-refractivity contribution in [2.24, 2.45) is 5.92 Å². The number of hydrogen-bond donors (Lipinski definition) is 3. The van der Waals surface area contributed by atoms with E-state index in [1.165, 1.54) is 6.20 Å². The zero-order chi connectivity index (χ0) is 17.7. The molecule has 0 radical (unpaired) electrons. The molecule has 1 amide bonds. The lowest BCUT2D eigenvalue weighted by molar-refractivity contribution is -0.129. The first-order valence-corrected chi connectivity index (χ1v) is 9.16. The molecule has 7 nitrogen and oxygen atoms in total. The van der Waals surface area contributed by atoms with E-state index in [0.717, 1.165) is 5.39 Å². The first kappa shape index (κ1) is 18.3. The van der Waals surface area contributed by atoms with Crippen molar-refractivity contribution < 1.29 is 18.4 Å². The highest BCUT2D eigenvalue weighted by molar-refractivity contribution is 7.89. The molecule has 2 atom stereocenters. The number of aromatic nitrogens is 1. The van der Waals surface area contributed by atoms with Crippen molar-refractivity contribution in [3.05, 3.63) is 36.5 Å². The molecule has 0 spiro atoms. The molecular weight excluding hydrogens is 330 g/mol. The number of fused-ring (bicyclic) bond motifs is 1. The summed E-state index contributed by atoms with van der Waals surface area (Å²) in [6.07, 6.45) is 1.96. The Bertz CT molecular complexity index is 818.